The van der Waals surface area contributed by atoms with Crippen molar-refractivity contribution in [1.82, 2.24) is 20.3 Å². The minimum Gasteiger partial charge on any atom is -0.468 e. The average Bonchev–Trinajstić information content (AvgIpc) is 2.52. The molecule has 1 N–H and O–H groups in total. The van der Waals surface area contributed by atoms with Crippen molar-refractivity contribution in [3.8, 4) is 5.88 Å². The molecule has 0 aromatic carbocycles. The normalized spacial score (nSPS) is 12.5. The number of nitrogens with zero attached hydrogens (tertiary/aromatic N) is 3. The topological polar surface area (TPSA) is 77.0 Å². The van der Waals surface area contributed by atoms with Crippen LogP contribution in [0.2, 0.25) is 0 Å². The molecule has 2 aromatic heterocycles. The van der Waals surface area contributed by atoms with Crippen molar-refractivity contribution in [2.75, 3.05) is 6.61 Å². The zero-order chi connectivity index (χ0) is 17.7. The molecule has 0 aliphatic rings. The number of carbonyl (C=O) groups is 1. The Kier molecular flexibility index (Phi) is 5.32. The summed E-state index contributed by atoms with van der Waals surface area (Å²) in [4.78, 5) is 23.7. The Labute approximate surface area is 136 Å². The number of halogens is 3. The summed E-state index contributed by atoms with van der Waals surface area (Å²) in [6, 6.07) is 4.00. The molecule has 9 heteroatoms. The van der Waals surface area contributed by atoms with Gasteiger partial charge in [0.2, 0.25) is 5.88 Å². The highest BCUT2D eigenvalue weighted by molar-refractivity contribution is 5.92. The van der Waals surface area contributed by atoms with Gasteiger partial charge in [0.1, 0.15) is 12.0 Å². The maximum Gasteiger partial charge on any atom is 0.422 e. The summed E-state index contributed by atoms with van der Waals surface area (Å²) in [7, 11) is 0. The van der Waals surface area contributed by atoms with E-state index in [0.29, 0.717) is 11.3 Å². The van der Waals surface area contributed by atoms with Gasteiger partial charge in [-0.3, -0.25) is 4.79 Å². The van der Waals surface area contributed by atoms with E-state index < -0.39 is 18.8 Å². The Morgan fingerprint density at radius 3 is 2.62 bits per heavy atom. The monoisotopic (exact) mass is 340 g/mol. The number of amides is 1. The van der Waals surface area contributed by atoms with Crippen molar-refractivity contribution in [3.63, 3.8) is 0 Å². The Bertz CT molecular complexity index is 705. The van der Waals surface area contributed by atoms with E-state index in [1.54, 1.807) is 19.9 Å². The van der Waals surface area contributed by atoms with Crippen LogP contribution >= 0.6 is 0 Å². The zero-order valence-corrected chi connectivity index (χ0v) is 13.0. The summed E-state index contributed by atoms with van der Waals surface area (Å²) in [5, 5.41) is 2.73. The van der Waals surface area contributed by atoms with Crippen LogP contribution in [0.15, 0.2) is 30.7 Å². The number of rotatable bonds is 5. The molecule has 0 radical (unpaired) electrons. The van der Waals surface area contributed by atoms with Gasteiger partial charge in [0, 0.05) is 18.0 Å². The SMILES string of the molecule is Cc1cc(C(=O)NC(C)c2ccc(OCC(F)(F)F)nc2)ncn1. The molecule has 1 amide bonds. The Balaban J connectivity index is 1.97. The molecule has 2 aromatic rings. The van der Waals surface area contributed by atoms with Crippen LogP contribution in [-0.4, -0.2) is 33.6 Å². The highest BCUT2D eigenvalue weighted by Crippen LogP contribution is 2.19. The first-order valence-electron chi connectivity index (χ1n) is 6.99. The number of nitrogens with one attached hydrogen (secondary N) is 1. The summed E-state index contributed by atoms with van der Waals surface area (Å²) in [5.74, 6) is -0.522. The van der Waals surface area contributed by atoms with Crippen LogP contribution in [0.4, 0.5) is 13.2 Å². The number of aromatic nitrogens is 3. The van der Waals surface area contributed by atoms with Gasteiger partial charge in [-0.25, -0.2) is 15.0 Å². The zero-order valence-electron chi connectivity index (χ0n) is 13.0. The summed E-state index contributed by atoms with van der Waals surface area (Å²) in [6.45, 7) is 2.06. The van der Waals surface area contributed by atoms with Crippen molar-refractivity contribution in [2.24, 2.45) is 0 Å². The van der Waals surface area contributed by atoms with Crippen molar-refractivity contribution in [3.05, 3.63) is 47.7 Å². The third-order valence-corrected chi connectivity index (χ3v) is 3.03. The van der Waals surface area contributed by atoms with Gasteiger partial charge in [0.05, 0.1) is 6.04 Å². The number of pyridine rings is 1. The fourth-order valence-electron chi connectivity index (χ4n) is 1.82. The number of hydrogen-bond acceptors (Lipinski definition) is 5. The van der Waals surface area contributed by atoms with Crippen molar-refractivity contribution in [1.29, 1.82) is 0 Å². The lowest BCUT2D eigenvalue weighted by atomic mass is 10.1. The number of hydrogen-bond donors (Lipinski definition) is 1. The lowest BCUT2D eigenvalue weighted by molar-refractivity contribution is -0.154. The number of alkyl halides is 3. The largest absolute Gasteiger partial charge is 0.468 e. The van der Waals surface area contributed by atoms with Crippen LogP contribution in [0.3, 0.4) is 0 Å². The van der Waals surface area contributed by atoms with Crippen LogP contribution in [-0.2, 0) is 0 Å². The first-order valence-corrected chi connectivity index (χ1v) is 6.99. The molecule has 0 fully saturated rings. The molecule has 24 heavy (non-hydrogen) atoms. The molecule has 128 valence electrons. The second kappa shape index (κ2) is 7.24. The van der Waals surface area contributed by atoms with Gasteiger partial charge in [-0.15, -0.1) is 0 Å². The maximum absolute atomic E-state index is 12.1. The maximum atomic E-state index is 12.1. The number of carbonyl (C=O) groups excluding carboxylic acids is 1. The van der Waals surface area contributed by atoms with Crippen molar-refractivity contribution in [2.45, 2.75) is 26.1 Å². The third-order valence-electron chi connectivity index (χ3n) is 3.03. The Hall–Kier alpha value is -2.71. The second-order valence-electron chi connectivity index (χ2n) is 5.07. The molecule has 0 saturated carbocycles. The first kappa shape index (κ1) is 17.6. The fourth-order valence-corrected chi connectivity index (χ4v) is 1.82. The van der Waals surface area contributed by atoms with E-state index in [-0.39, 0.29) is 17.5 Å². The molecule has 0 spiro atoms. The summed E-state index contributed by atoms with van der Waals surface area (Å²) < 4.78 is 40.7. The third kappa shape index (κ3) is 5.18. The highest BCUT2D eigenvalue weighted by atomic mass is 19.4. The quantitative estimate of drug-likeness (QED) is 0.905. The van der Waals surface area contributed by atoms with Gasteiger partial charge in [-0.2, -0.15) is 13.2 Å². The van der Waals surface area contributed by atoms with Crippen LogP contribution in [0.25, 0.3) is 0 Å². The van der Waals surface area contributed by atoms with Gasteiger partial charge < -0.3 is 10.1 Å². The minimum absolute atomic E-state index is 0.138. The predicted molar refractivity (Wildman–Crippen MR) is 78.4 cm³/mol. The van der Waals surface area contributed by atoms with Gasteiger partial charge in [0.25, 0.3) is 5.91 Å². The van der Waals surface area contributed by atoms with Crippen LogP contribution < -0.4 is 10.1 Å². The second-order valence-corrected chi connectivity index (χ2v) is 5.07. The van der Waals surface area contributed by atoms with Crippen LogP contribution in [0.1, 0.15) is 34.7 Å². The lowest BCUT2D eigenvalue weighted by Gasteiger charge is -2.14. The van der Waals surface area contributed by atoms with Gasteiger partial charge in [0.15, 0.2) is 6.61 Å². The molecular formula is C15H15F3N4O2. The van der Waals surface area contributed by atoms with E-state index >= 15 is 0 Å². The van der Waals surface area contributed by atoms with Crippen molar-refractivity contribution < 1.29 is 22.7 Å². The molecule has 2 rings (SSSR count). The molecule has 1 atom stereocenters. The number of aryl methyl sites for hydroxylation is 1. The van der Waals surface area contributed by atoms with E-state index in [9.17, 15) is 18.0 Å². The molecule has 0 aliphatic heterocycles. The van der Waals surface area contributed by atoms with Gasteiger partial charge in [-0.05, 0) is 25.5 Å². The lowest BCUT2D eigenvalue weighted by Crippen LogP contribution is -2.27. The van der Waals surface area contributed by atoms with E-state index in [0.717, 1.165) is 0 Å². The average molecular weight is 340 g/mol. The molecule has 0 saturated heterocycles. The summed E-state index contributed by atoms with van der Waals surface area (Å²) in [6.07, 6.45) is -1.78. The molecule has 6 nitrogen and oxygen atoms in total. The molecule has 2 heterocycles. The Morgan fingerprint density at radius 2 is 2.04 bits per heavy atom. The van der Waals surface area contributed by atoms with Crippen molar-refractivity contribution >= 4 is 5.91 Å². The van der Waals surface area contributed by atoms with E-state index in [1.807, 2.05) is 0 Å². The summed E-state index contributed by atoms with van der Waals surface area (Å²) >= 11 is 0. The van der Waals surface area contributed by atoms with Gasteiger partial charge >= 0.3 is 6.18 Å². The van der Waals surface area contributed by atoms with E-state index in [4.69, 9.17) is 0 Å². The molecule has 0 aliphatic carbocycles. The number of ether oxygens (including phenoxy) is 1. The predicted octanol–water partition coefficient (Wildman–Crippen LogP) is 2.61. The van der Waals surface area contributed by atoms with Crippen LogP contribution in [0, 0.1) is 6.92 Å². The summed E-state index contributed by atoms with van der Waals surface area (Å²) in [5.41, 5.74) is 1.51. The van der Waals surface area contributed by atoms with E-state index in [2.05, 4.69) is 25.0 Å². The first-order chi connectivity index (χ1) is 11.2. The molecular weight excluding hydrogens is 325 g/mol. The Morgan fingerprint density at radius 1 is 1.29 bits per heavy atom. The molecule has 0 bridgehead atoms. The highest BCUT2D eigenvalue weighted by Gasteiger charge is 2.28. The fraction of sp³-hybridized carbons (Fsp3) is 0.333. The van der Waals surface area contributed by atoms with Gasteiger partial charge in [-0.1, -0.05) is 6.07 Å². The van der Waals surface area contributed by atoms with E-state index in [1.165, 1.54) is 24.7 Å². The van der Waals surface area contributed by atoms with Crippen LogP contribution in [0.5, 0.6) is 5.88 Å². The molecule has 1 unspecified atom stereocenters. The smallest absolute Gasteiger partial charge is 0.422 e. The minimum atomic E-state index is -4.42. The standard InChI is InChI=1S/C15H15F3N4O2/c1-9-5-12(21-8-20-9)14(23)22-10(2)11-3-4-13(19-6-11)24-7-15(16,17)18/h3-6,8,10H,7H2,1-2H3,(H,22,23).